The first-order chi connectivity index (χ1) is 16.2. The van der Waals surface area contributed by atoms with E-state index in [1.165, 1.54) is 0 Å². The van der Waals surface area contributed by atoms with Crippen LogP contribution in [0.1, 0.15) is 32.2 Å². The van der Waals surface area contributed by atoms with Crippen molar-refractivity contribution < 1.29 is 9.15 Å². The summed E-state index contributed by atoms with van der Waals surface area (Å²) in [7, 11) is 0. The summed E-state index contributed by atoms with van der Waals surface area (Å²) in [4.78, 5) is 0. The Kier molecular flexibility index (Phi) is 7.14. The monoisotopic (exact) mass is 516 g/mol. The maximum Gasteiger partial charge on any atom is 0.268 e. The van der Waals surface area contributed by atoms with Gasteiger partial charge in [0.25, 0.3) is 5.89 Å². The SMILES string of the molecule is C=CCOC(C)(C)c1nnc(-c2nn(-c3ccc(Cl)cc3Cl)c(-c3ccc(Cl)cc3)c2CC)o1. The van der Waals surface area contributed by atoms with E-state index < -0.39 is 5.60 Å². The summed E-state index contributed by atoms with van der Waals surface area (Å²) in [6.07, 6.45) is 2.33. The van der Waals surface area contributed by atoms with Gasteiger partial charge in [0.2, 0.25) is 5.89 Å². The number of halogens is 3. The fourth-order valence-corrected chi connectivity index (χ4v) is 4.19. The highest BCUT2D eigenvalue weighted by atomic mass is 35.5. The van der Waals surface area contributed by atoms with E-state index in [1.807, 2.05) is 51.1 Å². The van der Waals surface area contributed by atoms with Crippen LogP contribution in [-0.2, 0) is 16.8 Å². The van der Waals surface area contributed by atoms with E-state index in [-0.39, 0.29) is 0 Å². The second-order valence-electron chi connectivity index (χ2n) is 8.07. The normalized spacial score (nSPS) is 11.7. The Bertz CT molecular complexity index is 1330. The van der Waals surface area contributed by atoms with Crippen LogP contribution in [0.2, 0.25) is 15.1 Å². The minimum atomic E-state index is -0.785. The summed E-state index contributed by atoms with van der Waals surface area (Å²) >= 11 is 18.9. The van der Waals surface area contributed by atoms with E-state index in [0.717, 1.165) is 16.8 Å². The highest BCUT2D eigenvalue weighted by Gasteiger charge is 2.31. The molecule has 0 N–H and O–H groups in total. The van der Waals surface area contributed by atoms with E-state index in [2.05, 4.69) is 16.8 Å². The van der Waals surface area contributed by atoms with E-state index in [1.54, 1.807) is 22.9 Å². The minimum absolute atomic E-state index is 0.293. The van der Waals surface area contributed by atoms with Gasteiger partial charge in [0.05, 0.1) is 23.0 Å². The molecule has 0 saturated carbocycles. The Morgan fingerprint density at radius 3 is 2.41 bits per heavy atom. The molecule has 0 aliphatic rings. The third-order valence-corrected chi connectivity index (χ3v) is 6.09. The van der Waals surface area contributed by atoms with Gasteiger partial charge in [0.15, 0.2) is 5.69 Å². The average Bonchev–Trinajstić information content (AvgIpc) is 3.44. The zero-order valence-electron chi connectivity index (χ0n) is 19.0. The molecular formula is C25H23Cl3N4O2. The predicted molar refractivity (Wildman–Crippen MR) is 136 cm³/mol. The lowest BCUT2D eigenvalue weighted by Crippen LogP contribution is -2.22. The zero-order chi connectivity index (χ0) is 24.5. The van der Waals surface area contributed by atoms with Gasteiger partial charge in [-0.3, -0.25) is 0 Å². The van der Waals surface area contributed by atoms with Crippen LogP contribution >= 0.6 is 34.8 Å². The number of hydrogen-bond donors (Lipinski definition) is 0. The predicted octanol–water partition coefficient (Wildman–Crippen LogP) is 7.55. The molecule has 0 spiro atoms. The number of nitrogens with zero attached hydrogens (tertiary/aromatic N) is 4. The third-order valence-electron chi connectivity index (χ3n) is 5.30. The van der Waals surface area contributed by atoms with Gasteiger partial charge in [-0.05, 0) is 50.6 Å². The van der Waals surface area contributed by atoms with Crippen LogP contribution in [-0.4, -0.2) is 26.6 Å². The van der Waals surface area contributed by atoms with E-state index in [9.17, 15) is 0 Å². The van der Waals surface area contributed by atoms with Gasteiger partial charge in [-0.1, -0.05) is 59.9 Å². The molecule has 2 aromatic heterocycles. The van der Waals surface area contributed by atoms with E-state index in [0.29, 0.717) is 51.3 Å². The van der Waals surface area contributed by atoms with Crippen LogP contribution in [0.5, 0.6) is 0 Å². The van der Waals surface area contributed by atoms with Crippen molar-refractivity contribution in [3.05, 3.63) is 81.6 Å². The van der Waals surface area contributed by atoms with Crippen molar-refractivity contribution in [3.8, 4) is 28.5 Å². The Labute approximate surface area is 213 Å². The van der Waals surface area contributed by atoms with Crippen molar-refractivity contribution in [1.82, 2.24) is 20.0 Å². The molecule has 0 saturated heterocycles. The molecule has 0 aliphatic carbocycles. The van der Waals surface area contributed by atoms with E-state index >= 15 is 0 Å². The molecule has 176 valence electrons. The maximum atomic E-state index is 6.57. The molecule has 2 heterocycles. The number of rotatable bonds is 8. The van der Waals surface area contributed by atoms with Crippen molar-refractivity contribution in [2.45, 2.75) is 32.8 Å². The molecule has 0 atom stereocenters. The lowest BCUT2D eigenvalue weighted by molar-refractivity contribution is -0.0249. The highest BCUT2D eigenvalue weighted by Crippen LogP contribution is 2.37. The Morgan fingerprint density at radius 2 is 1.76 bits per heavy atom. The van der Waals surface area contributed by atoms with Crippen LogP contribution in [0, 0.1) is 0 Å². The number of hydrogen-bond acceptors (Lipinski definition) is 5. The molecule has 0 amide bonds. The van der Waals surface area contributed by atoms with E-state index in [4.69, 9.17) is 49.1 Å². The van der Waals surface area contributed by atoms with Gasteiger partial charge < -0.3 is 9.15 Å². The van der Waals surface area contributed by atoms with Gasteiger partial charge in [0.1, 0.15) is 5.60 Å². The van der Waals surface area contributed by atoms with Crippen molar-refractivity contribution in [3.63, 3.8) is 0 Å². The first-order valence-corrected chi connectivity index (χ1v) is 11.8. The minimum Gasteiger partial charge on any atom is -0.416 e. The van der Waals surface area contributed by atoms with Crippen LogP contribution in [0.25, 0.3) is 28.5 Å². The van der Waals surface area contributed by atoms with Crippen molar-refractivity contribution >= 4 is 34.8 Å². The van der Waals surface area contributed by atoms with Gasteiger partial charge >= 0.3 is 0 Å². The second kappa shape index (κ2) is 9.92. The van der Waals surface area contributed by atoms with Crippen LogP contribution in [0.3, 0.4) is 0 Å². The van der Waals surface area contributed by atoms with Crippen LogP contribution in [0.15, 0.2) is 59.5 Å². The molecule has 2 aromatic carbocycles. The Balaban J connectivity index is 1.91. The standard InChI is InChI=1S/C25H23Cl3N4O2/c1-5-13-33-25(3,4)24-30-29-23(34-24)21-18(6-2)22(15-7-9-16(26)10-8-15)32(31-21)20-12-11-17(27)14-19(20)28/h5,7-12,14H,1,6,13H2,2-4H3. The highest BCUT2D eigenvalue weighted by molar-refractivity contribution is 6.35. The quantitative estimate of drug-likeness (QED) is 0.226. The summed E-state index contributed by atoms with van der Waals surface area (Å²) in [5.74, 6) is 0.639. The molecule has 4 rings (SSSR count). The topological polar surface area (TPSA) is 66.0 Å². The molecule has 0 radical (unpaired) electrons. The summed E-state index contributed by atoms with van der Waals surface area (Å²) in [6.45, 7) is 9.81. The summed E-state index contributed by atoms with van der Waals surface area (Å²) in [6, 6.07) is 12.8. The molecule has 0 unspecified atom stereocenters. The van der Waals surface area contributed by atoms with Gasteiger partial charge in [-0.15, -0.1) is 16.8 Å². The number of ether oxygens (including phenoxy) is 1. The van der Waals surface area contributed by atoms with Crippen molar-refractivity contribution in [2.75, 3.05) is 6.61 Å². The van der Waals surface area contributed by atoms with Crippen molar-refractivity contribution in [2.24, 2.45) is 0 Å². The zero-order valence-corrected chi connectivity index (χ0v) is 21.2. The summed E-state index contributed by atoms with van der Waals surface area (Å²) in [5, 5.41) is 15.0. The van der Waals surface area contributed by atoms with Gasteiger partial charge in [0, 0.05) is 21.2 Å². The Morgan fingerprint density at radius 1 is 1.06 bits per heavy atom. The summed E-state index contributed by atoms with van der Waals surface area (Å²) < 4.78 is 13.6. The third kappa shape index (κ3) is 4.77. The van der Waals surface area contributed by atoms with Gasteiger partial charge in [-0.25, -0.2) is 4.68 Å². The average molecular weight is 518 g/mol. The lowest BCUT2D eigenvalue weighted by atomic mass is 10.0. The Hall–Kier alpha value is -2.64. The smallest absolute Gasteiger partial charge is 0.268 e. The molecular weight excluding hydrogens is 495 g/mol. The molecule has 34 heavy (non-hydrogen) atoms. The summed E-state index contributed by atoms with van der Waals surface area (Å²) in [5.41, 5.74) is 3.14. The van der Waals surface area contributed by atoms with Crippen molar-refractivity contribution in [1.29, 1.82) is 0 Å². The maximum absolute atomic E-state index is 6.57. The van der Waals surface area contributed by atoms with Crippen LogP contribution in [0.4, 0.5) is 0 Å². The fourth-order valence-electron chi connectivity index (χ4n) is 3.58. The second-order valence-corrected chi connectivity index (χ2v) is 9.35. The van der Waals surface area contributed by atoms with Crippen LogP contribution < -0.4 is 0 Å². The molecule has 4 aromatic rings. The molecule has 0 aliphatic heterocycles. The molecule has 9 heteroatoms. The largest absolute Gasteiger partial charge is 0.416 e. The first kappa shape index (κ1) is 24.5. The fraction of sp³-hybridized carbons (Fsp3) is 0.240. The lowest BCUT2D eigenvalue weighted by Gasteiger charge is -2.19. The van der Waals surface area contributed by atoms with Gasteiger partial charge in [-0.2, -0.15) is 5.10 Å². The molecule has 0 fully saturated rings. The molecule has 6 nitrogen and oxygen atoms in total. The number of benzene rings is 2. The number of aromatic nitrogens is 4. The first-order valence-electron chi connectivity index (χ1n) is 10.7. The molecule has 0 bridgehead atoms.